The number of likely N-dealkylation sites (N-methyl/N-ethyl adjacent to an activating group) is 2. The molecule has 1 aromatic heterocycles. The Labute approximate surface area is 259 Å². The van der Waals surface area contributed by atoms with Crippen molar-refractivity contribution in [3.8, 4) is 5.75 Å². The molecule has 0 saturated carbocycles. The highest BCUT2D eigenvalue weighted by atomic mass is 32.2. The molecule has 2 aliphatic rings. The summed E-state index contributed by atoms with van der Waals surface area (Å²) in [6, 6.07) is 10.8. The predicted octanol–water partition coefficient (Wildman–Crippen LogP) is 2.48. The molecule has 5 N–H and O–H groups in total. The zero-order chi connectivity index (χ0) is 31.9. The van der Waals surface area contributed by atoms with E-state index < -0.39 is 10.0 Å². The van der Waals surface area contributed by atoms with Crippen molar-refractivity contribution in [2.24, 2.45) is 5.14 Å². The zero-order valence-electron chi connectivity index (χ0n) is 25.9. The van der Waals surface area contributed by atoms with Crippen molar-refractivity contribution in [3.05, 3.63) is 59.3 Å². The molecule has 2 saturated heterocycles. The van der Waals surface area contributed by atoms with Gasteiger partial charge in [-0.05, 0) is 94.3 Å². The van der Waals surface area contributed by atoms with Crippen LogP contribution >= 0.6 is 0 Å². The summed E-state index contributed by atoms with van der Waals surface area (Å²) in [6.07, 6.45) is 5.79. The van der Waals surface area contributed by atoms with Crippen LogP contribution in [0.25, 0.3) is 10.9 Å². The van der Waals surface area contributed by atoms with Gasteiger partial charge >= 0.3 is 6.09 Å². The Bertz CT molecular complexity index is 1560. The minimum atomic E-state index is -3.87. The van der Waals surface area contributed by atoms with Crippen LogP contribution in [0.5, 0.6) is 5.75 Å². The Hall–Kier alpha value is -3.65. The number of amides is 2. The number of sulfonamides is 1. The number of nitrogens with zero attached hydrogens (tertiary/aromatic N) is 2. The molecule has 2 aromatic carbocycles. The van der Waals surface area contributed by atoms with Crippen molar-refractivity contribution >= 4 is 32.9 Å². The maximum absolute atomic E-state index is 12.4. The maximum atomic E-state index is 12.4. The third-order valence-electron chi connectivity index (χ3n) is 8.03. The molecule has 3 aromatic rings. The number of hydrogen-bond donors (Lipinski definition) is 4. The summed E-state index contributed by atoms with van der Waals surface area (Å²) in [7, 11) is 1.73. The average Bonchev–Trinajstić information content (AvgIpc) is 3.73. The fourth-order valence-electron chi connectivity index (χ4n) is 5.61. The molecule has 0 aliphatic carbocycles. The first-order chi connectivity index (χ1) is 21.0. The summed E-state index contributed by atoms with van der Waals surface area (Å²) in [6.45, 7) is 6.10. The Morgan fingerprint density at radius 3 is 2.68 bits per heavy atom. The number of aromatic amines is 1. The highest BCUT2D eigenvalue weighted by Crippen LogP contribution is 2.23. The Morgan fingerprint density at radius 1 is 1.23 bits per heavy atom. The summed E-state index contributed by atoms with van der Waals surface area (Å²) >= 11 is 0. The number of H-pyrrole nitrogens is 1. The lowest BCUT2D eigenvalue weighted by atomic mass is 10.0. The summed E-state index contributed by atoms with van der Waals surface area (Å²) in [4.78, 5) is 31.2. The largest absolute Gasteiger partial charge is 0.496 e. The highest BCUT2D eigenvalue weighted by molar-refractivity contribution is 7.89. The number of nitrogens with two attached hydrogens (primary N) is 1. The lowest BCUT2D eigenvalue weighted by Gasteiger charge is -2.23. The van der Waals surface area contributed by atoms with Crippen LogP contribution in [0.1, 0.15) is 41.3 Å². The Balaban J connectivity index is 0.000000201. The lowest BCUT2D eigenvalue weighted by molar-refractivity contribution is 0.0938. The second kappa shape index (κ2) is 14.9. The van der Waals surface area contributed by atoms with Gasteiger partial charge in [-0.3, -0.25) is 9.69 Å². The number of alkyl carbamates (subject to hydrolysis) is 1. The van der Waals surface area contributed by atoms with Crippen LogP contribution in [0.3, 0.4) is 0 Å². The molecule has 3 heterocycles. The number of hydrogen-bond acceptors (Lipinski definition) is 8. The third-order valence-corrected chi connectivity index (χ3v) is 8.94. The fraction of sp³-hybridized carbons (Fsp3) is 0.484. The standard InChI is InChI=1S/C16H21N3O2.C15H23N3O4S/c1-19(2)6-5-12-9-17-15-4-3-11(8-14(12)15)7-13-10-21-16(20)18-13;1-3-18-8-4-5-11(18)10-17-15(19)13-9-12(23(16,20)21)6-7-14(13)22-2/h3-4,8-9,13,17H,5-7,10H2,1-2H3,(H,18,20);6-7,9,11H,3-5,8,10H2,1-2H3,(H,17,19)(H2,16,20,21)/t13-;/m0./s1. The highest BCUT2D eigenvalue weighted by Gasteiger charge is 2.25. The molecule has 2 amide bonds. The van der Waals surface area contributed by atoms with E-state index in [2.05, 4.69) is 70.8 Å². The third kappa shape index (κ3) is 8.72. The molecule has 0 radical (unpaired) electrons. The van der Waals surface area contributed by atoms with Gasteiger partial charge in [0.25, 0.3) is 5.91 Å². The number of fused-ring (bicyclic) bond motifs is 1. The van der Waals surface area contributed by atoms with Crippen molar-refractivity contribution in [1.29, 1.82) is 0 Å². The minimum absolute atomic E-state index is 0.0825. The molecule has 0 bridgehead atoms. The second-order valence-electron chi connectivity index (χ2n) is 11.4. The van der Waals surface area contributed by atoms with Crippen LogP contribution in [0.15, 0.2) is 47.5 Å². The normalized spacial score (nSPS) is 18.5. The van der Waals surface area contributed by atoms with Crippen molar-refractivity contribution in [3.63, 3.8) is 0 Å². The number of cyclic esters (lactones) is 1. The van der Waals surface area contributed by atoms with Gasteiger partial charge in [-0.15, -0.1) is 0 Å². The molecule has 5 rings (SSSR count). The van der Waals surface area contributed by atoms with Gasteiger partial charge in [-0.1, -0.05) is 13.0 Å². The van der Waals surface area contributed by atoms with Gasteiger partial charge in [0, 0.05) is 36.2 Å². The van der Waals surface area contributed by atoms with E-state index in [0.29, 0.717) is 24.9 Å². The second-order valence-corrected chi connectivity index (χ2v) is 13.0. The van der Waals surface area contributed by atoms with E-state index in [-0.39, 0.29) is 28.5 Å². The molecule has 2 atom stereocenters. The van der Waals surface area contributed by atoms with E-state index in [0.717, 1.165) is 45.3 Å². The minimum Gasteiger partial charge on any atom is -0.496 e. The van der Waals surface area contributed by atoms with E-state index in [1.807, 2.05) is 0 Å². The van der Waals surface area contributed by atoms with E-state index in [1.165, 1.54) is 47.3 Å². The molecular weight excluding hydrogens is 584 g/mol. The van der Waals surface area contributed by atoms with Gasteiger partial charge in [0.05, 0.1) is 23.6 Å². The first kappa shape index (κ1) is 33.2. The quantitative estimate of drug-likeness (QED) is 0.252. The van der Waals surface area contributed by atoms with Crippen LogP contribution in [0.4, 0.5) is 4.79 Å². The fourth-order valence-corrected chi connectivity index (χ4v) is 6.15. The molecule has 1 unspecified atom stereocenters. The average molecular weight is 629 g/mol. The van der Waals surface area contributed by atoms with E-state index in [4.69, 9.17) is 14.6 Å². The van der Waals surface area contributed by atoms with E-state index in [9.17, 15) is 18.0 Å². The molecule has 240 valence electrons. The number of primary sulfonamides is 1. The molecule has 44 heavy (non-hydrogen) atoms. The summed E-state index contributed by atoms with van der Waals surface area (Å²) in [5.74, 6) is -0.0519. The van der Waals surface area contributed by atoms with Gasteiger partial charge in [0.2, 0.25) is 10.0 Å². The number of methoxy groups -OCH3 is 1. The molecule has 12 nitrogen and oxygen atoms in total. The van der Waals surface area contributed by atoms with Crippen LogP contribution in [0.2, 0.25) is 0 Å². The first-order valence-corrected chi connectivity index (χ1v) is 16.4. The first-order valence-electron chi connectivity index (χ1n) is 14.9. The number of benzene rings is 2. The summed E-state index contributed by atoms with van der Waals surface area (Å²) in [5, 5.41) is 12.1. The van der Waals surface area contributed by atoms with Gasteiger partial charge in [0.1, 0.15) is 12.4 Å². The predicted molar refractivity (Wildman–Crippen MR) is 170 cm³/mol. The van der Waals surface area contributed by atoms with E-state index in [1.54, 1.807) is 0 Å². The van der Waals surface area contributed by atoms with Crippen LogP contribution in [-0.2, 0) is 27.6 Å². The van der Waals surface area contributed by atoms with Crippen molar-refractivity contribution in [2.45, 2.75) is 49.6 Å². The maximum Gasteiger partial charge on any atom is 0.407 e. The SMILES string of the molecule is CCN1CCCC1CNC(=O)c1cc(S(N)(=O)=O)ccc1OC.CN(C)CCc1c[nH]c2ccc(C[C@H]3COC(=O)N3)cc12. The van der Waals surface area contributed by atoms with Gasteiger partial charge < -0.3 is 30.0 Å². The lowest BCUT2D eigenvalue weighted by Crippen LogP contribution is -2.40. The van der Waals surface area contributed by atoms with Gasteiger partial charge in [-0.25, -0.2) is 18.4 Å². The van der Waals surface area contributed by atoms with Crippen LogP contribution in [0, 0.1) is 0 Å². The molecule has 2 aliphatic heterocycles. The monoisotopic (exact) mass is 628 g/mol. The summed E-state index contributed by atoms with van der Waals surface area (Å²) < 4.78 is 33.0. The van der Waals surface area contributed by atoms with Crippen molar-refractivity contribution < 1.29 is 27.5 Å². The molecule has 13 heteroatoms. The zero-order valence-corrected chi connectivity index (χ0v) is 26.7. The van der Waals surface area contributed by atoms with Gasteiger partial charge in [-0.2, -0.15) is 0 Å². The molecular formula is C31H44N6O6S. The number of nitrogens with one attached hydrogen (secondary N) is 3. The number of rotatable bonds is 11. The van der Waals surface area contributed by atoms with E-state index >= 15 is 0 Å². The number of carbonyl (C=O) groups excluding carboxylic acids is 2. The topological polar surface area (TPSA) is 159 Å². The smallest absolute Gasteiger partial charge is 0.407 e. The van der Waals surface area contributed by atoms with Crippen molar-refractivity contribution in [2.75, 3.05) is 54.0 Å². The number of carbonyl (C=O) groups is 2. The van der Waals surface area contributed by atoms with Crippen molar-refractivity contribution in [1.82, 2.24) is 25.4 Å². The number of likely N-dealkylation sites (tertiary alicyclic amines) is 1. The van der Waals surface area contributed by atoms with Crippen LogP contribution < -0.4 is 20.5 Å². The molecule has 0 spiro atoms. The van der Waals surface area contributed by atoms with Gasteiger partial charge in [0.15, 0.2) is 0 Å². The Kier molecular flexibility index (Phi) is 11.2. The van der Waals surface area contributed by atoms with Crippen LogP contribution in [-0.4, -0.2) is 101 Å². The number of aromatic nitrogens is 1. The molecule has 2 fully saturated rings. The summed E-state index contributed by atoms with van der Waals surface area (Å²) in [5.41, 5.74) is 3.90. The Morgan fingerprint density at radius 2 is 2.02 bits per heavy atom. The number of ether oxygens (including phenoxy) is 2.